The Morgan fingerprint density at radius 2 is 1.69 bits per heavy atom. The number of amides is 3. The van der Waals surface area contributed by atoms with E-state index in [9.17, 15) is 27.6 Å². The molecule has 0 radical (unpaired) electrons. The molecule has 1 aromatic carbocycles. The summed E-state index contributed by atoms with van der Waals surface area (Å²) in [6, 6.07) is 7.40. The van der Waals surface area contributed by atoms with Gasteiger partial charge in [-0.3, -0.25) is 29.3 Å². The van der Waals surface area contributed by atoms with Crippen molar-refractivity contribution in [2.45, 2.75) is 25.4 Å². The van der Waals surface area contributed by atoms with Crippen LogP contribution in [0.2, 0.25) is 10.0 Å². The smallest absolute Gasteiger partial charge is 0.433 e. The number of alkyl halides is 3. The zero-order valence-electron chi connectivity index (χ0n) is 26.8. The molecule has 5 heterocycles. The van der Waals surface area contributed by atoms with Gasteiger partial charge in [-0.05, 0) is 56.3 Å². The first-order valence-electron chi connectivity index (χ1n) is 15.7. The molecule has 14 nitrogen and oxygen atoms in total. The van der Waals surface area contributed by atoms with Crippen LogP contribution in [0.25, 0.3) is 11.4 Å². The van der Waals surface area contributed by atoms with Crippen molar-refractivity contribution in [3.8, 4) is 11.4 Å². The number of aromatic nitrogens is 5. The Morgan fingerprint density at radius 1 is 1.00 bits per heavy atom. The third-order valence-corrected chi connectivity index (χ3v) is 8.89. The molecule has 0 atom stereocenters. The average Bonchev–Trinajstić information content (AvgIpc) is 3.77. The average molecular weight is 751 g/mol. The zero-order valence-corrected chi connectivity index (χ0v) is 28.3. The van der Waals surface area contributed by atoms with Crippen molar-refractivity contribution in [1.29, 1.82) is 0 Å². The minimum Gasteiger partial charge on any atom is -0.483 e. The van der Waals surface area contributed by atoms with Gasteiger partial charge in [0.25, 0.3) is 18.3 Å². The van der Waals surface area contributed by atoms with E-state index in [4.69, 9.17) is 33.1 Å². The maximum absolute atomic E-state index is 13.8. The molecule has 2 aliphatic heterocycles. The highest BCUT2D eigenvalue weighted by Crippen LogP contribution is 2.36. The van der Waals surface area contributed by atoms with E-state index in [-0.39, 0.29) is 75.4 Å². The molecule has 2 aliphatic rings. The maximum Gasteiger partial charge on any atom is 0.433 e. The van der Waals surface area contributed by atoms with Crippen LogP contribution >= 0.6 is 23.2 Å². The fraction of sp³-hybridized carbons (Fsp3) is 0.344. The normalized spacial score (nSPS) is 15.2. The fourth-order valence-corrected chi connectivity index (χ4v) is 6.21. The Labute approximate surface area is 298 Å². The Hall–Kier alpha value is -5.00. The summed E-state index contributed by atoms with van der Waals surface area (Å²) < 4.78 is 41.4. The minimum atomic E-state index is -4.72. The van der Waals surface area contributed by atoms with Crippen LogP contribution in [-0.4, -0.2) is 104 Å². The number of aromatic amines is 2. The number of carbonyl (C=O) groups excluding carboxylic acids is 3. The van der Waals surface area contributed by atoms with Crippen LogP contribution in [0.5, 0.6) is 0 Å². The van der Waals surface area contributed by atoms with E-state index in [1.165, 1.54) is 42.7 Å². The number of carbonyl (C=O) groups is 4. The molecule has 0 spiro atoms. The summed E-state index contributed by atoms with van der Waals surface area (Å²) in [7, 11) is 0. The first kappa shape index (κ1) is 37.3. The number of imidazole rings is 1. The van der Waals surface area contributed by atoms with Gasteiger partial charge in [-0.25, -0.2) is 4.98 Å². The lowest BCUT2D eigenvalue weighted by Gasteiger charge is -2.37. The molecule has 3 aromatic heterocycles. The topological polar surface area (TPSA) is 189 Å². The number of anilines is 1. The van der Waals surface area contributed by atoms with E-state index < -0.39 is 17.8 Å². The maximum atomic E-state index is 13.8. The number of H-pyrrole nitrogens is 2. The van der Waals surface area contributed by atoms with Crippen molar-refractivity contribution in [1.82, 2.24) is 40.3 Å². The van der Waals surface area contributed by atoms with Crippen LogP contribution in [0.3, 0.4) is 0 Å². The zero-order chi connectivity index (χ0) is 36.7. The third-order valence-electron chi connectivity index (χ3n) is 8.36. The molecule has 0 aliphatic carbocycles. The first-order valence-corrected chi connectivity index (χ1v) is 16.4. The molecular weight excluding hydrogens is 718 g/mol. The van der Waals surface area contributed by atoms with E-state index in [0.29, 0.717) is 31.2 Å². The lowest BCUT2D eigenvalue weighted by molar-refractivity contribution is -0.141. The Balaban J connectivity index is 0.00000162. The van der Waals surface area contributed by atoms with Crippen molar-refractivity contribution in [2.24, 2.45) is 5.92 Å². The molecule has 2 saturated heterocycles. The number of hydrogen-bond donors (Lipinski definition) is 5. The molecule has 0 saturated carbocycles. The van der Waals surface area contributed by atoms with Crippen molar-refractivity contribution >= 4 is 53.1 Å². The molecule has 270 valence electrons. The van der Waals surface area contributed by atoms with Crippen molar-refractivity contribution in [3.63, 3.8) is 0 Å². The Kier molecular flexibility index (Phi) is 11.9. The summed E-state index contributed by atoms with van der Waals surface area (Å²) in [5.74, 6) is -0.955. The van der Waals surface area contributed by atoms with Gasteiger partial charge >= 0.3 is 6.18 Å². The largest absolute Gasteiger partial charge is 0.483 e. The number of hydrogen-bond acceptors (Lipinski definition) is 8. The van der Waals surface area contributed by atoms with Gasteiger partial charge in [0.2, 0.25) is 5.91 Å². The van der Waals surface area contributed by atoms with Crippen LogP contribution in [0, 0.1) is 5.92 Å². The van der Waals surface area contributed by atoms with E-state index >= 15 is 0 Å². The summed E-state index contributed by atoms with van der Waals surface area (Å²) in [6.45, 7) is 3.06. The summed E-state index contributed by atoms with van der Waals surface area (Å²) in [4.78, 5) is 61.8. The summed E-state index contributed by atoms with van der Waals surface area (Å²) in [5.41, 5.74) is -0.319. The number of carboxylic acid groups (broad SMARTS) is 1. The van der Waals surface area contributed by atoms with Crippen LogP contribution in [0.1, 0.15) is 50.8 Å². The van der Waals surface area contributed by atoms with Gasteiger partial charge < -0.3 is 30.5 Å². The number of benzene rings is 1. The molecule has 4 aromatic rings. The lowest BCUT2D eigenvalue weighted by atomic mass is 9.96. The second kappa shape index (κ2) is 16.3. The molecule has 5 N–H and O–H groups in total. The SMILES string of the molecule is O=C(Nc1ccc(C(=O)N2CCN(C(=O)C3CCNCC3)CC2)c(Cl)c1)c1ncc(Cc2c(-c3ccc(Cl)cn3)n[nH]c2C(F)(F)F)[nH]1.O=CO. The first-order chi connectivity index (χ1) is 24.4. The second-order valence-electron chi connectivity index (χ2n) is 11.6. The highest BCUT2D eigenvalue weighted by Gasteiger charge is 2.38. The summed E-state index contributed by atoms with van der Waals surface area (Å²) >= 11 is 12.3. The molecule has 0 unspecified atom stereocenters. The van der Waals surface area contributed by atoms with Gasteiger partial charge in [-0.15, -0.1) is 0 Å². The predicted molar refractivity (Wildman–Crippen MR) is 179 cm³/mol. The van der Waals surface area contributed by atoms with Gasteiger partial charge in [0.15, 0.2) is 5.82 Å². The van der Waals surface area contributed by atoms with Crippen molar-refractivity contribution < 1.29 is 37.5 Å². The van der Waals surface area contributed by atoms with E-state index in [0.717, 1.165) is 25.9 Å². The number of pyridine rings is 1. The number of rotatable bonds is 7. The molecule has 19 heteroatoms. The van der Waals surface area contributed by atoms with E-state index in [2.05, 4.69) is 30.7 Å². The van der Waals surface area contributed by atoms with Crippen LogP contribution in [0.15, 0.2) is 42.7 Å². The highest BCUT2D eigenvalue weighted by molar-refractivity contribution is 6.34. The van der Waals surface area contributed by atoms with Crippen LogP contribution < -0.4 is 10.6 Å². The molecule has 51 heavy (non-hydrogen) atoms. The molecule has 2 fully saturated rings. The second-order valence-corrected chi connectivity index (χ2v) is 12.5. The fourth-order valence-electron chi connectivity index (χ4n) is 5.84. The summed E-state index contributed by atoms with van der Waals surface area (Å²) in [6.07, 6.45) is -0.813. The number of nitrogens with zero attached hydrogens (tertiary/aromatic N) is 5. The van der Waals surface area contributed by atoms with E-state index in [1.54, 1.807) is 4.90 Å². The van der Waals surface area contributed by atoms with Crippen molar-refractivity contribution in [3.05, 3.63) is 81.1 Å². The molecule has 3 amide bonds. The monoisotopic (exact) mass is 749 g/mol. The van der Waals surface area contributed by atoms with Gasteiger partial charge in [0, 0.05) is 67.9 Å². The number of piperidine rings is 1. The standard InChI is InChI=1S/C31H30Cl2F3N9O3.CH2O2/c32-18-1-4-24(38-15-18)25-22(26(43-42-25)31(34,35)36)13-20-16-39-27(40-20)28(46)41-19-2-3-21(23(33)14-19)30(48)45-11-9-44(10-12-45)29(47)17-5-7-37-8-6-17;2-1-3/h1-4,14-17,37H,5-13H2,(H,39,40)(H,41,46)(H,42,43);1H,(H,2,3). The molecular formula is C32H32Cl2F3N9O5. The van der Waals surface area contributed by atoms with E-state index in [1.807, 2.05) is 10.00 Å². The van der Waals surface area contributed by atoms with Gasteiger partial charge in [0.1, 0.15) is 11.4 Å². The minimum absolute atomic E-state index is 0.0164. The van der Waals surface area contributed by atoms with Crippen LogP contribution in [-0.2, 0) is 22.2 Å². The van der Waals surface area contributed by atoms with Crippen molar-refractivity contribution in [2.75, 3.05) is 44.6 Å². The third kappa shape index (κ3) is 9.03. The summed E-state index contributed by atoms with van der Waals surface area (Å²) in [5, 5.41) is 19.1. The molecule has 0 bridgehead atoms. The number of halogens is 5. The Morgan fingerprint density at radius 3 is 2.31 bits per heavy atom. The van der Waals surface area contributed by atoms with Gasteiger partial charge in [-0.2, -0.15) is 18.3 Å². The molecule has 6 rings (SSSR count). The number of piperazine rings is 1. The lowest BCUT2D eigenvalue weighted by Crippen LogP contribution is -2.52. The van der Waals surface area contributed by atoms with Crippen LogP contribution in [0.4, 0.5) is 18.9 Å². The predicted octanol–water partition coefficient (Wildman–Crippen LogP) is 4.35. The van der Waals surface area contributed by atoms with Gasteiger partial charge in [0.05, 0.1) is 21.3 Å². The Bertz CT molecular complexity index is 1870. The highest BCUT2D eigenvalue weighted by atomic mass is 35.5. The number of nitrogens with one attached hydrogen (secondary N) is 4. The quantitative estimate of drug-likeness (QED) is 0.171. The van der Waals surface area contributed by atoms with Gasteiger partial charge in [-0.1, -0.05) is 23.2 Å².